The number of fused-ring (bicyclic) bond motifs is 2. The number of phenolic OH excluding ortho intramolecular Hbond substituents is 1. The molecule has 6 rings (SSSR count). The highest BCUT2D eigenvalue weighted by Crippen LogP contribution is 2.36. The summed E-state index contributed by atoms with van der Waals surface area (Å²) in [7, 11) is 2.02. The molecule has 3 heterocycles. The third kappa shape index (κ3) is 4.65. The normalized spacial score (nSPS) is 18.1. The minimum atomic E-state index is -1.00. The number of hydrogen-bond acceptors (Lipinski definition) is 6. The lowest BCUT2D eigenvalue weighted by Crippen LogP contribution is -2.51. The quantitative estimate of drug-likeness (QED) is 0.384. The van der Waals surface area contributed by atoms with E-state index in [2.05, 4.69) is 9.88 Å². The average Bonchev–Trinajstić information content (AvgIpc) is 3.29. The lowest BCUT2D eigenvalue weighted by atomic mass is 9.96. The summed E-state index contributed by atoms with van der Waals surface area (Å²) in [6.07, 6.45) is 1.02. The Morgan fingerprint density at radius 2 is 1.95 bits per heavy atom. The second kappa shape index (κ2) is 9.85. The first kappa shape index (κ1) is 25.1. The van der Waals surface area contributed by atoms with E-state index in [1.807, 2.05) is 31.3 Å². The Kier molecular flexibility index (Phi) is 6.34. The Hall–Kier alpha value is -4.18. The zero-order valence-corrected chi connectivity index (χ0v) is 21.5. The third-order valence-corrected chi connectivity index (χ3v) is 7.89. The molecule has 1 atom stereocenters. The molecule has 1 amide bonds. The van der Waals surface area contributed by atoms with Gasteiger partial charge in [0.2, 0.25) is 0 Å². The molecule has 0 spiro atoms. The molecule has 0 aliphatic carbocycles. The lowest BCUT2D eigenvalue weighted by molar-refractivity contribution is 0.0746. The van der Waals surface area contributed by atoms with E-state index in [4.69, 9.17) is 4.74 Å². The largest absolute Gasteiger partial charge is 0.508 e. The molecule has 39 heavy (non-hydrogen) atoms. The number of likely N-dealkylation sites (N-methyl/N-ethyl adjacent to an activating group) is 1. The number of carbonyl (C=O) groups is 1. The topological polar surface area (TPSA) is 108 Å². The molecule has 2 saturated heterocycles. The molecule has 3 aromatic carbocycles. The van der Waals surface area contributed by atoms with Gasteiger partial charge in [0.15, 0.2) is 0 Å². The van der Waals surface area contributed by atoms with Gasteiger partial charge in [0.05, 0.1) is 11.0 Å². The molecule has 0 radical (unpaired) electrons. The van der Waals surface area contributed by atoms with E-state index in [0.717, 1.165) is 30.2 Å². The van der Waals surface area contributed by atoms with Gasteiger partial charge in [0.25, 0.3) is 5.88 Å². The lowest BCUT2D eigenvalue weighted by Gasteiger charge is -2.37. The number of aromatic hydroxyl groups is 1. The number of hydrogen-bond donors (Lipinski definition) is 2. The fourth-order valence-corrected chi connectivity index (χ4v) is 5.70. The maximum atomic E-state index is 15.7. The van der Waals surface area contributed by atoms with Gasteiger partial charge < -0.3 is 29.3 Å². The van der Waals surface area contributed by atoms with Crippen molar-refractivity contribution in [1.82, 2.24) is 19.4 Å². The van der Waals surface area contributed by atoms with Crippen LogP contribution < -0.4 is 10.3 Å². The number of aromatic nitrogens is 2. The highest BCUT2D eigenvalue weighted by Gasteiger charge is 2.32. The predicted octanol–water partition coefficient (Wildman–Crippen LogP) is 4.14. The van der Waals surface area contributed by atoms with Crippen LogP contribution in [0.2, 0.25) is 0 Å². The van der Waals surface area contributed by atoms with Gasteiger partial charge in [-0.05, 0) is 61.0 Å². The number of benzene rings is 3. The summed E-state index contributed by atoms with van der Waals surface area (Å²) in [5.41, 5.74) is 0.976. The zero-order chi connectivity index (χ0) is 27.3. The van der Waals surface area contributed by atoms with Crippen LogP contribution in [0.5, 0.6) is 11.6 Å². The van der Waals surface area contributed by atoms with Crippen LogP contribution in [0.1, 0.15) is 12.8 Å². The van der Waals surface area contributed by atoms with E-state index in [1.54, 1.807) is 12.1 Å². The number of halogens is 1. The molecule has 9 nitrogen and oxygen atoms in total. The fraction of sp³-hybridized carbons (Fsp3) is 0.345. The minimum Gasteiger partial charge on any atom is -0.508 e. The summed E-state index contributed by atoms with van der Waals surface area (Å²) in [4.78, 5) is 32.8. The molecule has 1 aromatic heterocycles. The summed E-state index contributed by atoms with van der Waals surface area (Å²) in [5.74, 6) is -0.694. The first-order valence-corrected chi connectivity index (χ1v) is 13.1. The number of likely N-dealkylation sites (tertiary alicyclic amines) is 2. The number of phenols is 1. The van der Waals surface area contributed by atoms with Gasteiger partial charge in [0.1, 0.15) is 18.2 Å². The molecule has 0 saturated carbocycles. The van der Waals surface area contributed by atoms with Crippen molar-refractivity contribution in [1.29, 1.82) is 0 Å². The van der Waals surface area contributed by atoms with Crippen LogP contribution in [0.3, 0.4) is 0 Å². The highest BCUT2D eigenvalue weighted by atomic mass is 19.1. The molecule has 2 N–H and O–H groups in total. The second-order valence-corrected chi connectivity index (χ2v) is 10.5. The van der Waals surface area contributed by atoms with Crippen LogP contribution in [0.15, 0.2) is 53.3 Å². The van der Waals surface area contributed by atoms with Crippen molar-refractivity contribution in [3.8, 4) is 22.8 Å². The smallest absolute Gasteiger partial charge is 0.407 e. The van der Waals surface area contributed by atoms with Crippen molar-refractivity contribution in [3.63, 3.8) is 0 Å². The van der Waals surface area contributed by atoms with E-state index in [1.165, 1.54) is 21.6 Å². The Bertz CT molecular complexity index is 1650. The monoisotopic (exact) mass is 532 g/mol. The Morgan fingerprint density at radius 3 is 2.69 bits per heavy atom. The molecular formula is C29H29FN4O5. The molecule has 2 fully saturated rings. The van der Waals surface area contributed by atoms with Gasteiger partial charge >= 0.3 is 11.7 Å². The van der Waals surface area contributed by atoms with Crippen molar-refractivity contribution in [2.24, 2.45) is 5.92 Å². The molecule has 2 aliphatic heterocycles. The first-order valence-electron chi connectivity index (χ1n) is 13.1. The van der Waals surface area contributed by atoms with Crippen molar-refractivity contribution < 1.29 is 24.1 Å². The number of carboxylic acid groups (broad SMARTS) is 1. The van der Waals surface area contributed by atoms with Gasteiger partial charge in [-0.3, -0.25) is 4.79 Å². The van der Waals surface area contributed by atoms with Crippen LogP contribution in [-0.2, 0) is 6.54 Å². The first-order chi connectivity index (χ1) is 18.8. The van der Waals surface area contributed by atoms with Crippen molar-refractivity contribution in [2.45, 2.75) is 25.4 Å². The van der Waals surface area contributed by atoms with E-state index < -0.39 is 17.5 Å². The maximum Gasteiger partial charge on any atom is 0.407 e. The van der Waals surface area contributed by atoms with Gasteiger partial charge in [-0.1, -0.05) is 24.3 Å². The summed E-state index contributed by atoms with van der Waals surface area (Å²) in [6.45, 7) is 2.08. The van der Waals surface area contributed by atoms with Crippen LogP contribution in [0, 0.1) is 11.7 Å². The molecule has 0 bridgehead atoms. The molecule has 0 unspecified atom stereocenters. The van der Waals surface area contributed by atoms with E-state index in [-0.39, 0.29) is 35.7 Å². The van der Waals surface area contributed by atoms with Crippen molar-refractivity contribution in [2.75, 3.05) is 33.3 Å². The molecule has 2 aliphatic rings. The van der Waals surface area contributed by atoms with Crippen LogP contribution >= 0.6 is 0 Å². The van der Waals surface area contributed by atoms with E-state index >= 15 is 4.39 Å². The highest BCUT2D eigenvalue weighted by molar-refractivity contribution is 5.99. The average molecular weight is 533 g/mol. The Morgan fingerprint density at radius 1 is 1.15 bits per heavy atom. The molecule has 202 valence electrons. The number of rotatable bonds is 6. The summed E-state index contributed by atoms with van der Waals surface area (Å²) >= 11 is 0. The number of nitrogens with zero attached hydrogens (tertiary/aromatic N) is 4. The summed E-state index contributed by atoms with van der Waals surface area (Å²) in [6, 6.07) is 13.6. The van der Waals surface area contributed by atoms with Gasteiger partial charge in [-0.2, -0.15) is 0 Å². The predicted molar refractivity (Wildman–Crippen MR) is 145 cm³/mol. The Balaban J connectivity index is 1.45. The Labute approximate surface area is 223 Å². The van der Waals surface area contributed by atoms with E-state index in [0.29, 0.717) is 36.3 Å². The standard InChI is InChI=1S/C29H29FN4O5/c1-32-8-4-6-19(32)16-39-27-28(36)34(15-17-13-33(14-17)29(37)38)26-12-24(30)23(11-25(26)31-27)22-10-20(35)9-18-5-2-3-7-21(18)22/h2-3,5,7,9-12,17,19,35H,4,6,8,13-16H2,1H3,(H,37,38)/t19-/m0/s1. The van der Waals surface area contributed by atoms with Gasteiger partial charge in [-0.15, -0.1) is 0 Å². The SMILES string of the molecule is CN1CCC[C@H]1COc1nc2cc(-c3cc(O)cc4ccccc34)c(F)cc2n(CC2CN(C(=O)O)C2)c1=O. The summed E-state index contributed by atoms with van der Waals surface area (Å²) < 4.78 is 23.2. The fourth-order valence-electron chi connectivity index (χ4n) is 5.70. The van der Waals surface area contributed by atoms with Crippen LogP contribution in [0.4, 0.5) is 9.18 Å². The van der Waals surface area contributed by atoms with Crippen molar-refractivity contribution >= 4 is 27.9 Å². The summed E-state index contributed by atoms with van der Waals surface area (Å²) in [5, 5.41) is 21.1. The van der Waals surface area contributed by atoms with Crippen molar-refractivity contribution in [3.05, 3.63) is 64.7 Å². The van der Waals surface area contributed by atoms with Crippen LogP contribution in [0.25, 0.3) is 32.9 Å². The van der Waals surface area contributed by atoms with Crippen LogP contribution in [-0.4, -0.2) is 75.0 Å². The number of ether oxygens (including phenoxy) is 1. The van der Waals surface area contributed by atoms with Gasteiger partial charge in [-0.25, -0.2) is 14.2 Å². The minimum absolute atomic E-state index is 0.0128. The molecule has 4 aromatic rings. The molecule has 10 heteroatoms. The van der Waals surface area contributed by atoms with E-state index in [9.17, 15) is 19.8 Å². The second-order valence-electron chi connectivity index (χ2n) is 10.5. The maximum absolute atomic E-state index is 15.7. The molecular weight excluding hydrogens is 503 g/mol. The van der Waals surface area contributed by atoms with Gasteiger partial charge in [0, 0.05) is 43.2 Å². The third-order valence-electron chi connectivity index (χ3n) is 7.89. The number of amides is 1. The zero-order valence-electron chi connectivity index (χ0n) is 21.5.